The van der Waals surface area contributed by atoms with Gasteiger partial charge in [0.25, 0.3) is 0 Å². The van der Waals surface area contributed by atoms with Gasteiger partial charge in [-0.25, -0.2) is 0 Å². The lowest BCUT2D eigenvalue weighted by Crippen LogP contribution is -2.61. The third-order valence-electron chi connectivity index (χ3n) is 16.6. The first-order valence-corrected chi connectivity index (χ1v) is 29.2. The van der Waals surface area contributed by atoms with Gasteiger partial charge in [0.1, 0.15) is 24.3 Å². The molecule has 5 amide bonds. The Morgan fingerprint density at radius 1 is 0.878 bits per heavy atom. The summed E-state index contributed by atoms with van der Waals surface area (Å²) in [7, 11) is 6.90. The smallest absolute Gasteiger partial charge is 0.247 e. The Bertz CT molecular complexity index is 2590. The lowest BCUT2D eigenvalue weighted by atomic mass is 9.77. The molecule has 6 rings (SSSR count). The molecule has 3 aromatic rings. The predicted molar refractivity (Wildman–Crippen MR) is 312 cm³/mol. The predicted octanol–water partition coefficient (Wildman–Crippen LogP) is 5.43. The second kappa shape index (κ2) is 29.2. The van der Waals surface area contributed by atoms with E-state index in [9.17, 15) is 39.3 Å². The number of halogens is 1. The molecule has 0 spiro atoms. The van der Waals surface area contributed by atoms with Crippen LogP contribution in [-0.2, 0) is 66.9 Å². The van der Waals surface area contributed by atoms with Crippen LogP contribution in [0, 0.1) is 23.7 Å². The highest BCUT2D eigenvalue weighted by Crippen LogP contribution is 2.39. The van der Waals surface area contributed by atoms with Crippen LogP contribution in [0.15, 0.2) is 78.9 Å². The molecule has 19 nitrogen and oxygen atoms in total. The van der Waals surface area contributed by atoms with E-state index in [-0.39, 0.29) is 74.9 Å². The van der Waals surface area contributed by atoms with Gasteiger partial charge in [-0.2, -0.15) is 0 Å². The van der Waals surface area contributed by atoms with Crippen molar-refractivity contribution in [2.45, 2.75) is 192 Å². The highest BCUT2D eigenvalue weighted by atomic mass is 35.5. The lowest BCUT2D eigenvalue weighted by molar-refractivity contribution is -0.317. The Kier molecular flexibility index (Phi) is 23.5. The molecule has 17 atom stereocenters. The van der Waals surface area contributed by atoms with Gasteiger partial charge >= 0.3 is 0 Å². The Labute approximate surface area is 489 Å². The number of benzene rings is 3. The number of ether oxygens (including phenoxy) is 5. The third-order valence-corrected chi connectivity index (χ3v) is 17.0. The minimum atomic E-state index is -1.71. The Morgan fingerprint density at radius 3 is 2.17 bits per heavy atom. The van der Waals surface area contributed by atoms with E-state index in [4.69, 9.17) is 35.3 Å². The fourth-order valence-electron chi connectivity index (χ4n) is 11.9. The molecule has 0 aliphatic carbocycles. The minimum Gasteiger partial charge on any atom is -0.387 e. The molecule has 3 aliphatic heterocycles. The molecule has 3 aromatic carbocycles. The van der Waals surface area contributed by atoms with Gasteiger partial charge in [0.15, 0.2) is 12.6 Å². The molecule has 0 aromatic heterocycles. The number of carbonyl (C=O) groups is 5. The van der Waals surface area contributed by atoms with Crippen molar-refractivity contribution in [3.8, 4) is 0 Å². The minimum absolute atomic E-state index is 0.0748. The first-order valence-electron chi connectivity index (χ1n) is 28.8. The number of hydrogen-bond donors (Lipinski definition) is 7. The second-order valence-electron chi connectivity index (χ2n) is 24.4. The molecule has 20 heteroatoms. The summed E-state index contributed by atoms with van der Waals surface area (Å²) < 4.78 is 32.1. The largest absolute Gasteiger partial charge is 0.387 e. The van der Waals surface area contributed by atoms with Crippen LogP contribution in [0.25, 0.3) is 0 Å². The van der Waals surface area contributed by atoms with Crippen LogP contribution in [-0.4, -0.2) is 174 Å². The number of anilines is 1. The number of carbonyl (C=O) groups excluding carboxylic acids is 5. The lowest BCUT2D eigenvalue weighted by Gasteiger charge is -2.49. The first kappa shape index (κ1) is 66.1. The SMILES string of the molecule is CO[C@]1(C)C[C@H](O[C@H]2[C@H](C)[C@@H](O[C@@H]3O[C@H](C)C[C@H](N(C)C)[C@H]3O)[C@](C)(O)C[C@@H](C)CN(C)C(=O)C[C@H](Cc3ccc(NC(=O)[C@H](Cc4ccccc4Cl)NC(=O)Cc4ccccc4)cc3)NC(=O)[C@H](C(C)C)NC(=O)[C@@H]2C)O[C@@H](C)[C@@H]1O. The molecule has 0 unspecified atom stereocenters. The maximum atomic E-state index is 14.9. The number of rotatable bonds is 16. The number of nitrogens with zero attached hydrogens (tertiary/aromatic N) is 2. The van der Waals surface area contributed by atoms with E-state index < -0.39 is 108 Å². The van der Waals surface area contributed by atoms with E-state index in [1.165, 1.54) is 7.11 Å². The molecule has 0 radical (unpaired) electrons. The second-order valence-corrected chi connectivity index (χ2v) is 24.8. The van der Waals surface area contributed by atoms with Crippen LogP contribution in [0.5, 0.6) is 0 Å². The summed E-state index contributed by atoms with van der Waals surface area (Å²) in [5.41, 5.74) is -0.145. The summed E-state index contributed by atoms with van der Waals surface area (Å²) in [6, 6.07) is 20.2. The average Bonchev–Trinajstić information content (AvgIpc) is 3.62. The van der Waals surface area contributed by atoms with Gasteiger partial charge in [-0.1, -0.05) is 107 Å². The van der Waals surface area contributed by atoms with Crippen molar-refractivity contribution in [1.82, 2.24) is 25.8 Å². The summed E-state index contributed by atoms with van der Waals surface area (Å²) >= 11 is 6.51. The van der Waals surface area contributed by atoms with E-state index >= 15 is 0 Å². The number of aliphatic hydroxyl groups is 3. The standard InChI is InChI=1S/C62H91ClN6O13/c1-35(2)52-59(76)65-45(28-42-23-25-44(26-24-42)64-58(75)47(30-43-21-17-18-22-46(43)63)66-49(70)29-41-19-15-14-16-20-41)31-50(71)69(12)34-36(3)32-61(8,77)56(82-60-53(72)48(68(10)11)27-37(4)79-60)38(5)54(39(6)57(74)67-52)81-51-33-62(9,78-13)55(73)40(7)80-51/h14-26,35-40,45,47-48,51-56,60,72-73,77H,27-34H2,1-13H3,(H,64,75)(H,65,76)(H,66,70)(H,67,74)/t36-,37-,38+,39-,40+,45+,47+,48+,51+,52+,53-,54+,55+,56-,60+,61-,62-/m1/s1. The summed E-state index contributed by atoms with van der Waals surface area (Å²) in [6.07, 6.45) is -6.70. The average molecular weight is 1160 g/mol. The molecule has 454 valence electrons. The maximum Gasteiger partial charge on any atom is 0.247 e. The van der Waals surface area contributed by atoms with E-state index in [0.717, 1.165) is 11.1 Å². The fraction of sp³-hybridized carbons (Fsp3) is 0.629. The fourth-order valence-corrected chi connectivity index (χ4v) is 12.1. The Morgan fingerprint density at radius 2 is 1.54 bits per heavy atom. The zero-order valence-corrected chi connectivity index (χ0v) is 50.9. The number of aliphatic hydroxyl groups excluding tert-OH is 2. The van der Waals surface area contributed by atoms with Crippen molar-refractivity contribution in [2.24, 2.45) is 23.7 Å². The van der Waals surface area contributed by atoms with Crippen LogP contribution >= 0.6 is 11.6 Å². The van der Waals surface area contributed by atoms with E-state index in [2.05, 4.69) is 21.3 Å². The zero-order chi connectivity index (χ0) is 60.4. The van der Waals surface area contributed by atoms with Crippen molar-refractivity contribution in [1.29, 1.82) is 0 Å². The van der Waals surface area contributed by atoms with Crippen molar-refractivity contribution >= 4 is 46.8 Å². The molecule has 0 bridgehead atoms. The molecule has 7 N–H and O–H groups in total. The molecular weight excluding hydrogens is 1070 g/mol. The number of amides is 5. The first-order chi connectivity index (χ1) is 38.6. The summed E-state index contributed by atoms with van der Waals surface area (Å²) in [4.78, 5) is 74.7. The van der Waals surface area contributed by atoms with Crippen LogP contribution in [0.2, 0.25) is 5.02 Å². The van der Waals surface area contributed by atoms with Gasteiger partial charge in [0, 0.05) is 68.7 Å². The number of nitrogens with one attached hydrogen (secondary N) is 4. The third kappa shape index (κ3) is 17.5. The quantitative estimate of drug-likeness (QED) is 0.0947. The highest BCUT2D eigenvalue weighted by Gasteiger charge is 2.51. The van der Waals surface area contributed by atoms with E-state index in [0.29, 0.717) is 22.7 Å². The van der Waals surface area contributed by atoms with Crippen molar-refractivity contribution in [3.63, 3.8) is 0 Å². The highest BCUT2D eigenvalue weighted by molar-refractivity contribution is 6.31. The molecule has 82 heavy (non-hydrogen) atoms. The zero-order valence-electron chi connectivity index (χ0n) is 50.1. The van der Waals surface area contributed by atoms with E-state index in [1.807, 2.05) is 69.2 Å². The van der Waals surface area contributed by atoms with Gasteiger partial charge in [-0.15, -0.1) is 0 Å². The van der Waals surface area contributed by atoms with Gasteiger partial charge < -0.3 is 70.1 Å². The Balaban J connectivity index is 1.29. The monoisotopic (exact) mass is 1160 g/mol. The van der Waals surface area contributed by atoms with Crippen molar-refractivity contribution < 1.29 is 63.0 Å². The summed E-state index contributed by atoms with van der Waals surface area (Å²) in [5.74, 6) is -4.82. The molecule has 3 aliphatic rings. The normalized spacial score (nSPS) is 33.3. The summed E-state index contributed by atoms with van der Waals surface area (Å²) in [6.45, 7) is 16.2. The maximum absolute atomic E-state index is 14.9. The molecule has 3 saturated heterocycles. The van der Waals surface area contributed by atoms with Crippen molar-refractivity contribution in [2.75, 3.05) is 40.1 Å². The van der Waals surface area contributed by atoms with Crippen LogP contribution in [0.4, 0.5) is 5.69 Å². The van der Waals surface area contributed by atoms with Crippen LogP contribution in [0.3, 0.4) is 0 Å². The molecule has 3 fully saturated rings. The molecule has 0 saturated carbocycles. The van der Waals surface area contributed by atoms with Crippen LogP contribution in [0.1, 0.15) is 105 Å². The van der Waals surface area contributed by atoms with Gasteiger partial charge in [0.05, 0.1) is 48.0 Å². The number of hydrogen-bond acceptors (Lipinski definition) is 14. The molecule has 3 heterocycles. The van der Waals surface area contributed by atoms with Gasteiger partial charge in [-0.05, 0) is 108 Å². The van der Waals surface area contributed by atoms with Crippen molar-refractivity contribution in [3.05, 3.63) is 101 Å². The van der Waals surface area contributed by atoms with E-state index in [1.54, 1.807) is 103 Å². The number of methoxy groups -OCH3 is 1. The van der Waals surface area contributed by atoms with Gasteiger partial charge in [0.2, 0.25) is 29.5 Å². The topological polar surface area (TPSA) is 247 Å². The molecular formula is C62H91ClN6O13. The number of likely N-dealkylation sites (N-methyl/N-ethyl adjacent to an activating group) is 1. The Hall–Kier alpha value is -5.06. The summed E-state index contributed by atoms with van der Waals surface area (Å²) in [5, 5.41) is 48.2. The van der Waals surface area contributed by atoms with Gasteiger partial charge in [-0.3, -0.25) is 24.0 Å². The van der Waals surface area contributed by atoms with Crippen LogP contribution < -0.4 is 21.3 Å².